The Hall–Kier alpha value is -1.23. The molecule has 0 aromatic carbocycles. The Morgan fingerprint density at radius 1 is 1.39 bits per heavy atom. The summed E-state index contributed by atoms with van der Waals surface area (Å²) in [6.07, 6.45) is 12.8. The first-order valence-electron chi connectivity index (χ1n) is 6.44. The summed E-state index contributed by atoms with van der Waals surface area (Å²) in [5, 5.41) is 8.62. The molecule has 0 saturated heterocycles. The van der Waals surface area contributed by atoms with Crippen molar-refractivity contribution in [1.29, 1.82) is 0 Å². The lowest BCUT2D eigenvalue weighted by Crippen LogP contribution is -2.29. The molecule has 5 heteroatoms. The number of hydrogen-bond acceptors (Lipinski definition) is 4. The van der Waals surface area contributed by atoms with Crippen LogP contribution in [0.2, 0.25) is 0 Å². The molecule has 3 rings (SSSR count). The van der Waals surface area contributed by atoms with Crippen molar-refractivity contribution in [3.63, 3.8) is 0 Å². The van der Waals surface area contributed by atoms with Crippen LogP contribution in [0.4, 0.5) is 5.82 Å². The van der Waals surface area contributed by atoms with Gasteiger partial charge in [0.1, 0.15) is 5.52 Å². The fraction of sp³-hybridized carbons (Fsp3) is 0.538. The summed E-state index contributed by atoms with van der Waals surface area (Å²) in [7, 11) is 0. The third-order valence-electron chi connectivity index (χ3n) is 3.62. The van der Waals surface area contributed by atoms with Gasteiger partial charge in [-0.05, 0) is 31.6 Å². The van der Waals surface area contributed by atoms with Gasteiger partial charge in [-0.25, -0.2) is 9.50 Å². The van der Waals surface area contributed by atoms with Crippen molar-refractivity contribution in [1.82, 2.24) is 14.6 Å². The zero-order chi connectivity index (χ0) is 12.4. The molecule has 4 nitrogen and oxygen atoms in total. The van der Waals surface area contributed by atoms with Gasteiger partial charge in [-0.15, -0.1) is 0 Å². The van der Waals surface area contributed by atoms with E-state index in [2.05, 4.69) is 21.7 Å². The third kappa shape index (κ3) is 2.32. The molecule has 0 bridgehead atoms. The van der Waals surface area contributed by atoms with E-state index in [1.807, 2.05) is 34.7 Å². The maximum absolute atomic E-state index is 4.45. The summed E-state index contributed by atoms with van der Waals surface area (Å²) in [6, 6.07) is 2.55. The monoisotopic (exact) mass is 262 g/mol. The molecule has 1 fully saturated rings. The quantitative estimate of drug-likeness (QED) is 0.923. The highest BCUT2D eigenvalue weighted by molar-refractivity contribution is 7.99. The first-order chi connectivity index (χ1) is 8.86. The lowest BCUT2D eigenvalue weighted by atomic mass is 9.95. The average molecular weight is 262 g/mol. The van der Waals surface area contributed by atoms with E-state index in [1.165, 1.54) is 25.7 Å². The molecule has 0 spiro atoms. The molecule has 1 aliphatic rings. The van der Waals surface area contributed by atoms with Gasteiger partial charge in [-0.2, -0.15) is 16.9 Å². The van der Waals surface area contributed by atoms with E-state index < -0.39 is 0 Å². The topological polar surface area (TPSA) is 42.2 Å². The van der Waals surface area contributed by atoms with Gasteiger partial charge >= 0.3 is 0 Å². The normalized spacial score (nSPS) is 24.3. The zero-order valence-corrected chi connectivity index (χ0v) is 11.4. The van der Waals surface area contributed by atoms with Crippen molar-refractivity contribution in [2.24, 2.45) is 0 Å². The fourth-order valence-corrected chi connectivity index (χ4v) is 3.48. The van der Waals surface area contributed by atoms with E-state index in [1.54, 1.807) is 6.20 Å². The van der Waals surface area contributed by atoms with Gasteiger partial charge in [0.25, 0.3) is 0 Å². The number of aromatic nitrogens is 3. The Kier molecular flexibility index (Phi) is 3.41. The average Bonchev–Trinajstić information content (AvgIpc) is 2.88. The molecular weight excluding hydrogens is 244 g/mol. The standard InChI is InChI=1S/C13H18N4S/c1-18-11-4-2-3-10(9-11)16-13-12-5-6-15-17(12)8-7-14-13/h5-8,10-11H,2-4,9H2,1H3,(H,14,16). The number of nitrogens with zero attached hydrogens (tertiary/aromatic N) is 3. The van der Waals surface area contributed by atoms with Crippen molar-refractivity contribution in [3.8, 4) is 0 Å². The Morgan fingerprint density at radius 2 is 2.33 bits per heavy atom. The van der Waals surface area contributed by atoms with Crippen molar-refractivity contribution < 1.29 is 0 Å². The highest BCUT2D eigenvalue weighted by Crippen LogP contribution is 2.29. The van der Waals surface area contributed by atoms with E-state index in [-0.39, 0.29) is 0 Å². The first-order valence-corrected chi connectivity index (χ1v) is 7.73. The summed E-state index contributed by atoms with van der Waals surface area (Å²) in [6.45, 7) is 0. The number of hydrogen-bond donors (Lipinski definition) is 1. The molecule has 2 unspecified atom stereocenters. The van der Waals surface area contributed by atoms with E-state index >= 15 is 0 Å². The molecule has 1 N–H and O–H groups in total. The van der Waals surface area contributed by atoms with Crippen LogP contribution in [0.5, 0.6) is 0 Å². The number of rotatable bonds is 3. The molecule has 2 aromatic heterocycles. The maximum atomic E-state index is 4.45. The van der Waals surface area contributed by atoms with Crippen molar-refractivity contribution in [2.45, 2.75) is 37.0 Å². The zero-order valence-electron chi connectivity index (χ0n) is 10.5. The highest BCUT2D eigenvalue weighted by atomic mass is 32.2. The molecule has 0 amide bonds. The highest BCUT2D eigenvalue weighted by Gasteiger charge is 2.21. The lowest BCUT2D eigenvalue weighted by molar-refractivity contribution is 0.473. The van der Waals surface area contributed by atoms with Crippen LogP contribution in [0.15, 0.2) is 24.7 Å². The molecule has 2 heterocycles. The molecule has 2 aromatic rings. The minimum absolute atomic E-state index is 0.546. The smallest absolute Gasteiger partial charge is 0.152 e. The van der Waals surface area contributed by atoms with Crippen molar-refractivity contribution >= 4 is 23.1 Å². The lowest BCUT2D eigenvalue weighted by Gasteiger charge is -2.29. The van der Waals surface area contributed by atoms with Crippen LogP contribution in [0.1, 0.15) is 25.7 Å². The summed E-state index contributed by atoms with van der Waals surface area (Å²) < 4.78 is 1.87. The second-order valence-corrected chi connectivity index (χ2v) is 5.94. The number of nitrogens with one attached hydrogen (secondary N) is 1. The SMILES string of the molecule is CSC1CCCC(Nc2nccn3nccc23)C1. The van der Waals surface area contributed by atoms with E-state index in [0.29, 0.717) is 6.04 Å². The van der Waals surface area contributed by atoms with Crippen LogP contribution in [0.25, 0.3) is 5.52 Å². The molecule has 18 heavy (non-hydrogen) atoms. The Morgan fingerprint density at radius 3 is 3.22 bits per heavy atom. The summed E-state index contributed by atoms with van der Waals surface area (Å²) in [5.74, 6) is 0.960. The van der Waals surface area contributed by atoms with Crippen molar-refractivity contribution in [2.75, 3.05) is 11.6 Å². The van der Waals surface area contributed by atoms with E-state index in [4.69, 9.17) is 0 Å². The largest absolute Gasteiger partial charge is 0.366 e. The van der Waals surface area contributed by atoms with Gasteiger partial charge in [0.15, 0.2) is 5.82 Å². The van der Waals surface area contributed by atoms with Gasteiger partial charge in [-0.1, -0.05) is 6.42 Å². The second-order valence-electron chi connectivity index (χ2n) is 4.80. The van der Waals surface area contributed by atoms with Crippen LogP contribution in [-0.2, 0) is 0 Å². The molecule has 96 valence electrons. The Labute approximate surface area is 111 Å². The van der Waals surface area contributed by atoms with Crippen LogP contribution in [0.3, 0.4) is 0 Å². The minimum Gasteiger partial charge on any atom is -0.366 e. The van der Waals surface area contributed by atoms with Gasteiger partial charge in [0, 0.05) is 23.7 Å². The van der Waals surface area contributed by atoms with Gasteiger partial charge in [0.05, 0.1) is 6.20 Å². The molecule has 1 aliphatic carbocycles. The number of anilines is 1. The second kappa shape index (κ2) is 5.18. The predicted molar refractivity (Wildman–Crippen MR) is 76.2 cm³/mol. The van der Waals surface area contributed by atoms with Gasteiger partial charge < -0.3 is 5.32 Å². The summed E-state index contributed by atoms with van der Waals surface area (Å²) >= 11 is 1.99. The third-order valence-corrected chi connectivity index (χ3v) is 4.72. The van der Waals surface area contributed by atoms with E-state index in [9.17, 15) is 0 Å². The van der Waals surface area contributed by atoms with Crippen LogP contribution >= 0.6 is 11.8 Å². The van der Waals surface area contributed by atoms with Gasteiger partial charge in [-0.3, -0.25) is 0 Å². The van der Waals surface area contributed by atoms with Gasteiger partial charge in [0.2, 0.25) is 0 Å². The number of fused-ring (bicyclic) bond motifs is 1. The van der Waals surface area contributed by atoms with E-state index in [0.717, 1.165) is 16.6 Å². The molecule has 2 atom stereocenters. The molecule has 1 saturated carbocycles. The van der Waals surface area contributed by atoms with Crippen molar-refractivity contribution in [3.05, 3.63) is 24.7 Å². The molecule has 0 aliphatic heterocycles. The van der Waals surface area contributed by atoms with Crippen LogP contribution in [0, 0.1) is 0 Å². The van der Waals surface area contributed by atoms with Crippen LogP contribution in [-0.4, -0.2) is 32.1 Å². The minimum atomic E-state index is 0.546. The maximum Gasteiger partial charge on any atom is 0.152 e. The number of thioether (sulfide) groups is 1. The Balaban J connectivity index is 1.77. The predicted octanol–water partition coefficient (Wildman–Crippen LogP) is 2.82. The molecular formula is C13H18N4S. The first kappa shape index (κ1) is 11.8. The van der Waals surface area contributed by atoms with Crippen LogP contribution < -0.4 is 5.32 Å². The summed E-state index contributed by atoms with van der Waals surface area (Å²) in [5.41, 5.74) is 1.06. The Bertz CT molecular complexity index is 524. The summed E-state index contributed by atoms with van der Waals surface area (Å²) in [4.78, 5) is 4.45. The fourth-order valence-electron chi connectivity index (χ4n) is 2.65. The molecule has 0 radical (unpaired) electrons.